The number of carbonyl (C=O) groups is 1. The number of aromatic carboxylic acids is 1. The molecule has 0 saturated carbocycles. The van der Waals surface area contributed by atoms with Crippen molar-refractivity contribution in [1.29, 1.82) is 0 Å². The SMILES string of the molecule is O=C(O)c1ccc(S(=O)(=O)N2CC3CCC(C2)O3)s1. The summed E-state index contributed by atoms with van der Waals surface area (Å²) < 4.78 is 32.0. The Kier molecular flexibility index (Phi) is 3.12. The lowest BCUT2D eigenvalue weighted by atomic mass is 10.2. The average molecular weight is 303 g/mol. The standard InChI is InChI=1S/C11H13NO5S2/c13-11(14)9-3-4-10(18-9)19(15,16)12-5-7-1-2-8(6-12)17-7/h3-4,7-8H,1-2,5-6H2,(H,13,14). The van der Waals surface area contributed by atoms with Gasteiger partial charge < -0.3 is 9.84 Å². The summed E-state index contributed by atoms with van der Waals surface area (Å²) in [5, 5.41) is 8.85. The third-order valence-corrected chi connectivity index (χ3v) is 6.77. The number of hydrogen-bond donors (Lipinski definition) is 1. The van der Waals surface area contributed by atoms with Gasteiger partial charge in [-0.2, -0.15) is 4.31 Å². The zero-order valence-corrected chi connectivity index (χ0v) is 11.6. The van der Waals surface area contributed by atoms with Crippen LogP contribution in [0, 0.1) is 0 Å². The molecule has 2 aliphatic rings. The highest BCUT2D eigenvalue weighted by Crippen LogP contribution is 2.32. The largest absolute Gasteiger partial charge is 0.477 e. The van der Waals surface area contributed by atoms with Crippen LogP contribution in [0.4, 0.5) is 0 Å². The number of rotatable bonds is 3. The van der Waals surface area contributed by atoms with E-state index in [-0.39, 0.29) is 21.3 Å². The summed E-state index contributed by atoms with van der Waals surface area (Å²) in [6, 6.07) is 2.69. The number of sulfonamides is 1. The molecule has 0 aromatic carbocycles. The molecule has 0 amide bonds. The predicted molar refractivity (Wildman–Crippen MR) is 67.9 cm³/mol. The first-order valence-electron chi connectivity index (χ1n) is 5.95. The molecule has 0 aliphatic carbocycles. The monoisotopic (exact) mass is 303 g/mol. The molecule has 2 bridgehead atoms. The lowest BCUT2D eigenvalue weighted by molar-refractivity contribution is -0.0114. The van der Waals surface area contributed by atoms with Crippen molar-refractivity contribution in [3.8, 4) is 0 Å². The molecule has 1 aromatic heterocycles. The molecule has 0 radical (unpaired) electrons. The highest BCUT2D eigenvalue weighted by atomic mass is 32.2. The third kappa shape index (κ3) is 2.29. The fourth-order valence-electron chi connectivity index (χ4n) is 2.47. The van der Waals surface area contributed by atoms with Crippen molar-refractivity contribution in [2.75, 3.05) is 13.1 Å². The minimum atomic E-state index is -3.59. The Labute approximate surface area is 114 Å². The first-order chi connectivity index (χ1) is 8.96. The topological polar surface area (TPSA) is 83.9 Å². The average Bonchev–Trinajstić information content (AvgIpc) is 2.96. The predicted octanol–water partition coefficient (Wildman–Crippen LogP) is 0.998. The number of nitrogens with zero attached hydrogens (tertiary/aromatic N) is 1. The van der Waals surface area contributed by atoms with E-state index in [0.29, 0.717) is 13.1 Å². The molecular formula is C11H13NO5S2. The molecule has 2 fully saturated rings. The van der Waals surface area contributed by atoms with Crippen LogP contribution in [0.3, 0.4) is 0 Å². The molecule has 1 aromatic rings. The molecule has 2 atom stereocenters. The number of thiophene rings is 1. The van der Waals surface area contributed by atoms with E-state index in [1.165, 1.54) is 16.4 Å². The zero-order valence-electron chi connectivity index (χ0n) is 9.98. The lowest BCUT2D eigenvalue weighted by Gasteiger charge is -2.30. The van der Waals surface area contributed by atoms with Crippen LogP contribution in [0.25, 0.3) is 0 Å². The van der Waals surface area contributed by atoms with Gasteiger partial charge in [0.2, 0.25) is 0 Å². The Morgan fingerprint density at radius 2 is 1.95 bits per heavy atom. The Morgan fingerprint density at radius 3 is 2.47 bits per heavy atom. The third-order valence-electron chi connectivity index (χ3n) is 3.40. The van der Waals surface area contributed by atoms with Crippen LogP contribution < -0.4 is 0 Å². The number of carboxylic acids is 1. The van der Waals surface area contributed by atoms with Gasteiger partial charge >= 0.3 is 5.97 Å². The van der Waals surface area contributed by atoms with Gasteiger partial charge in [-0.25, -0.2) is 13.2 Å². The quantitative estimate of drug-likeness (QED) is 0.900. The van der Waals surface area contributed by atoms with Gasteiger partial charge in [0.1, 0.15) is 9.09 Å². The molecule has 8 heteroatoms. The molecule has 0 spiro atoms. The summed E-state index contributed by atoms with van der Waals surface area (Å²) in [6.07, 6.45) is 1.74. The molecule has 2 aliphatic heterocycles. The van der Waals surface area contributed by atoms with Crippen molar-refractivity contribution in [3.63, 3.8) is 0 Å². The van der Waals surface area contributed by atoms with E-state index < -0.39 is 16.0 Å². The van der Waals surface area contributed by atoms with E-state index in [4.69, 9.17) is 9.84 Å². The van der Waals surface area contributed by atoms with Gasteiger partial charge in [-0.15, -0.1) is 11.3 Å². The van der Waals surface area contributed by atoms with Crippen molar-refractivity contribution in [3.05, 3.63) is 17.0 Å². The summed E-state index contributed by atoms with van der Waals surface area (Å²) in [4.78, 5) is 10.9. The second-order valence-electron chi connectivity index (χ2n) is 4.70. The maximum absolute atomic E-state index is 12.4. The van der Waals surface area contributed by atoms with E-state index in [9.17, 15) is 13.2 Å². The molecule has 19 heavy (non-hydrogen) atoms. The van der Waals surface area contributed by atoms with Crippen molar-refractivity contribution in [1.82, 2.24) is 4.31 Å². The highest BCUT2D eigenvalue weighted by molar-refractivity contribution is 7.91. The summed E-state index contributed by atoms with van der Waals surface area (Å²) >= 11 is 0.794. The smallest absolute Gasteiger partial charge is 0.345 e. The van der Waals surface area contributed by atoms with Crippen LogP contribution in [0.15, 0.2) is 16.3 Å². The second-order valence-corrected chi connectivity index (χ2v) is 7.95. The summed E-state index contributed by atoms with van der Waals surface area (Å²) in [5.74, 6) is -1.10. The fourth-order valence-corrected chi connectivity index (χ4v) is 5.28. The van der Waals surface area contributed by atoms with E-state index in [0.717, 1.165) is 24.2 Å². The Hall–Kier alpha value is -0.960. The maximum atomic E-state index is 12.4. The Morgan fingerprint density at radius 1 is 1.32 bits per heavy atom. The summed E-state index contributed by atoms with van der Waals surface area (Å²) in [7, 11) is -3.59. The van der Waals surface area contributed by atoms with Gasteiger partial charge in [-0.1, -0.05) is 0 Å². The molecule has 104 valence electrons. The number of fused-ring (bicyclic) bond motifs is 2. The molecule has 6 nitrogen and oxygen atoms in total. The van der Waals surface area contributed by atoms with E-state index in [1.807, 2.05) is 0 Å². The van der Waals surface area contributed by atoms with Gasteiger partial charge in [0.25, 0.3) is 10.0 Å². The highest BCUT2D eigenvalue weighted by Gasteiger charge is 2.39. The van der Waals surface area contributed by atoms with E-state index in [2.05, 4.69) is 0 Å². The van der Waals surface area contributed by atoms with Crippen molar-refractivity contribution >= 4 is 27.3 Å². The van der Waals surface area contributed by atoms with Crippen LogP contribution in [0.5, 0.6) is 0 Å². The maximum Gasteiger partial charge on any atom is 0.345 e. The zero-order chi connectivity index (χ0) is 13.6. The Bertz CT molecular complexity index is 596. The molecule has 3 rings (SSSR count). The minimum absolute atomic E-state index is 0.0209. The fraction of sp³-hybridized carbons (Fsp3) is 0.545. The molecule has 1 N–H and O–H groups in total. The number of carboxylic acid groups (broad SMARTS) is 1. The van der Waals surface area contributed by atoms with E-state index >= 15 is 0 Å². The summed E-state index contributed by atoms with van der Waals surface area (Å²) in [6.45, 7) is 0.721. The summed E-state index contributed by atoms with van der Waals surface area (Å²) in [5.41, 5.74) is 0. The molecule has 2 saturated heterocycles. The normalized spacial score (nSPS) is 27.6. The number of hydrogen-bond acceptors (Lipinski definition) is 5. The first-order valence-corrected chi connectivity index (χ1v) is 8.21. The van der Waals surface area contributed by atoms with Crippen LogP contribution in [-0.4, -0.2) is 49.1 Å². The van der Waals surface area contributed by atoms with Crippen LogP contribution in [0.2, 0.25) is 0 Å². The van der Waals surface area contributed by atoms with Crippen LogP contribution >= 0.6 is 11.3 Å². The second kappa shape index (κ2) is 4.55. The van der Waals surface area contributed by atoms with Crippen molar-refractivity contribution in [2.45, 2.75) is 29.3 Å². The number of morpholine rings is 1. The van der Waals surface area contributed by atoms with Gasteiger partial charge in [-0.05, 0) is 25.0 Å². The van der Waals surface area contributed by atoms with Crippen LogP contribution in [-0.2, 0) is 14.8 Å². The van der Waals surface area contributed by atoms with Gasteiger partial charge in [0.05, 0.1) is 12.2 Å². The van der Waals surface area contributed by atoms with Crippen molar-refractivity contribution in [2.24, 2.45) is 0 Å². The molecule has 2 unspecified atom stereocenters. The van der Waals surface area contributed by atoms with Gasteiger partial charge in [0.15, 0.2) is 0 Å². The van der Waals surface area contributed by atoms with Gasteiger partial charge in [0, 0.05) is 13.1 Å². The van der Waals surface area contributed by atoms with Crippen molar-refractivity contribution < 1.29 is 23.1 Å². The Balaban J connectivity index is 1.87. The van der Waals surface area contributed by atoms with E-state index in [1.54, 1.807) is 0 Å². The molecular weight excluding hydrogens is 290 g/mol. The number of ether oxygens (including phenoxy) is 1. The minimum Gasteiger partial charge on any atom is -0.477 e. The molecule has 3 heterocycles. The van der Waals surface area contributed by atoms with Gasteiger partial charge in [-0.3, -0.25) is 0 Å². The lowest BCUT2D eigenvalue weighted by Crippen LogP contribution is -2.45. The first kappa shape index (κ1) is 13.0. The van der Waals surface area contributed by atoms with Crippen LogP contribution in [0.1, 0.15) is 22.5 Å².